The smallest absolute Gasteiger partial charge is 0.348 e. The van der Waals surface area contributed by atoms with Crippen LogP contribution >= 0.6 is 7.60 Å². The van der Waals surface area contributed by atoms with Crippen LogP contribution in [0.4, 0.5) is 0 Å². The number of ether oxygens (including phenoxy) is 2. The Balaban J connectivity index is 2.76. The third-order valence-electron chi connectivity index (χ3n) is 3.31. The van der Waals surface area contributed by atoms with Crippen LogP contribution in [0.1, 0.15) is 34.1 Å². The molecule has 0 aromatic rings. The van der Waals surface area contributed by atoms with Crippen molar-refractivity contribution in [1.82, 2.24) is 0 Å². The summed E-state index contributed by atoms with van der Waals surface area (Å²) in [6.07, 6.45) is -0.638. The fourth-order valence-electron chi connectivity index (χ4n) is 2.90. The molecular formula is C13H27BNO6P. The van der Waals surface area contributed by atoms with Gasteiger partial charge in [0.25, 0.3) is 0 Å². The highest BCUT2D eigenvalue weighted by Crippen LogP contribution is 2.37. The van der Waals surface area contributed by atoms with E-state index in [0.717, 1.165) is 5.82 Å². The molecule has 1 aliphatic rings. The van der Waals surface area contributed by atoms with Crippen LogP contribution < -0.4 is 5.73 Å². The Hall–Kier alpha value is -0.205. The van der Waals surface area contributed by atoms with Gasteiger partial charge in [-0.05, 0) is 40.2 Å². The van der Waals surface area contributed by atoms with Crippen molar-refractivity contribution in [2.45, 2.75) is 69.6 Å². The Morgan fingerprint density at radius 1 is 1.36 bits per heavy atom. The highest BCUT2D eigenvalue weighted by atomic mass is 31.2. The van der Waals surface area contributed by atoms with E-state index in [-0.39, 0.29) is 0 Å². The Kier molecular flexibility index (Phi) is 6.07. The van der Waals surface area contributed by atoms with Crippen LogP contribution in [0.3, 0.4) is 0 Å². The molecule has 0 amide bonds. The highest BCUT2D eigenvalue weighted by molar-refractivity contribution is 7.55. The second-order valence-electron chi connectivity index (χ2n) is 7.23. The van der Waals surface area contributed by atoms with Crippen LogP contribution in [-0.2, 0) is 14.0 Å². The van der Waals surface area contributed by atoms with Gasteiger partial charge in [-0.3, -0.25) is 4.57 Å². The van der Waals surface area contributed by atoms with Gasteiger partial charge in [0.05, 0.1) is 11.6 Å². The Morgan fingerprint density at radius 2 is 1.91 bits per heavy atom. The van der Waals surface area contributed by atoms with Crippen molar-refractivity contribution in [2.24, 2.45) is 5.73 Å². The summed E-state index contributed by atoms with van der Waals surface area (Å²) in [7, 11) is -2.53. The normalized spacial score (nSPS) is 31.1. The molecule has 4 unspecified atom stereocenters. The lowest BCUT2D eigenvalue weighted by atomic mass is 9.88. The zero-order valence-corrected chi connectivity index (χ0v) is 14.7. The fourth-order valence-corrected chi connectivity index (χ4v) is 3.29. The maximum absolute atomic E-state index is 10.9. The number of aliphatic hydroxyl groups excluding tert-OH is 1. The minimum Gasteiger partial charge on any atom is -0.387 e. The van der Waals surface area contributed by atoms with E-state index in [2.05, 4.69) is 0 Å². The molecule has 0 aromatic carbocycles. The maximum Gasteiger partial charge on any atom is 0.348 e. The molecule has 5 N–H and O–H groups in total. The molecule has 7 nitrogen and oxygen atoms in total. The van der Waals surface area contributed by atoms with Crippen molar-refractivity contribution in [1.29, 1.82) is 0 Å². The Labute approximate surface area is 132 Å². The monoisotopic (exact) mass is 335 g/mol. The summed E-state index contributed by atoms with van der Waals surface area (Å²) in [5.41, 5.74) is 5.03. The highest BCUT2D eigenvalue weighted by Gasteiger charge is 2.44. The van der Waals surface area contributed by atoms with E-state index in [0.29, 0.717) is 6.42 Å². The summed E-state index contributed by atoms with van der Waals surface area (Å²) >= 11 is 0. The summed E-state index contributed by atoms with van der Waals surface area (Å²) < 4.78 is 22.4. The third kappa shape index (κ3) is 6.50. The molecule has 1 heterocycles. The van der Waals surface area contributed by atoms with Crippen LogP contribution in [0, 0.1) is 0 Å². The zero-order chi connectivity index (χ0) is 17.3. The largest absolute Gasteiger partial charge is 0.387 e. The zero-order valence-electron chi connectivity index (χ0n) is 13.8. The molecule has 0 bridgehead atoms. The number of aliphatic hydroxyl groups is 1. The first-order valence-electron chi connectivity index (χ1n) is 7.25. The van der Waals surface area contributed by atoms with E-state index in [1.807, 2.05) is 27.7 Å². The molecule has 0 saturated carbocycles. The Morgan fingerprint density at radius 3 is 2.36 bits per heavy atom. The van der Waals surface area contributed by atoms with Crippen molar-refractivity contribution in [3.05, 3.63) is 11.9 Å². The van der Waals surface area contributed by atoms with Gasteiger partial charge in [0, 0.05) is 11.4 Å². The molecule has 0 radical (unpaired) electrons. The molecule has 4 atom stereocenters. The second-order valence-corrected chi connectivity index (χ2v) is 8.71. The third-order valence-corrected chi connectivity index (χ3v) is 3.87. The quantitative estimate of drug-likeness (QED) is 0.388. The van der Waals surface area contributed by atoms with Gasteiger partial charge in [-0.2, -0.15) is 0 Å². The van der Waals surface area contributed by atoms with Gasteiger partial charge < -0.3 is 30.1 Å². The SMILES string of the molecule is BC1OC(/C=C/P(=O)(O)O)C(O)C1OC(C)(C)CC(C)(C)N. The first kappa shape index (κ1) is 19.8. The molecule has 9 heteroatoms. The van der Waals surface area contributed by atoms with Crippen molar-refractivity contribution in [3.8, 4) is 0 Å². The van der Waals surface area contributed by atoms with Crippen LogP contribution in [0.15, 0.2) is 11.9 Å². The summed E-state index contributed by atoms with van der Waals surface area (Å²) in [5.74, 6) is 0.740. The van der Waals surface area contributed by atoms with Gasteiger partial charge in [-0.1, -0.05) is 0 Å². The van der Waals surface area contributed by atoms with E-state index in [4.69, 9.17) is 25.0 Å². The van der Waals surface area contributed by atoms with Crippen molar-refractivity contribution in [2.75, 3.05) is 0 Å². The first-order valence-corrected chi connectivity index (χ1v) is 8.93. The molecule has 1 fully saturated rings. The minimum atomic E-state index is -4.28. The van der Waals surface area contributed by atoms with Crippen LogP contribution in [0.2, 0.25) is 0 Å². The molecular weight excluding hydrogens is 308 g/mol. The Bertz CT molecular complexity index is 458. The van der Waals surface area contributed by atoms with E-state index in [9.17, 15) is 9.67 Å². The standard InChI is InChI=1S/C13H27BNO6P/c1-12(2,15)7-13(3,4)21-10-9(16)8(20-11(10)14)5-6-22(17,18)19/h5-6,8-11,16H,7,14-15H2,1-4H3,(H2,17,18,19)/b6-5+. The van der Waals surface area contributed by atoms with E-state index in [1.165, 1.54) is 6.08 Å². The first-order chi connectivity index (χ1) is 9.70. The number of rotatable bonds is 6. The summed E-state index contributed by atoms with van der Waals surface area (Å²) in [4.78, 5) is 17.7. The molecule has 0 aliphatic carbocycles. The lowest BCUT2D eigenvalue weighted by Crippen LogP contribution is -2.47. The van der Waals surface area contributed by atoms with Gasteiger partial charge in [0.15, 0.2) is 0 Å². The lowest BCUT2D eigenvalue weighted by molar-refractivity contribution is -0.118. The molecule has 1 saturated heterocycles. The predicted octanol–water partition coefficient (Wildman–Crippen LogP) is -0.312. The number of nitrogens with two attached hydrogens (primary N) is 1. The molecule has 1 rings (SSSR count). The van der Waals surface area contributed by atoms with E-state index >= 15 is 0 Å². The predicted molar refractivity (Wildman–Crippen MR) is 86.2 cm³/mol. The van der Waals surface area contributed by atoms with E-state index < -0.39 is 43.1 Å². The van der Waals surface area contributed by atoms with Crippen molar-refractivity contribution in [3.63, 3.8) is 0 Å². The maximum atomic E-state index is 10.9. The average molecular weight is 335 g/mol. The van der Waals surface area contributed by atoms with Gasteiger partial charge in [0.1, 0.15) is 26.2 Å². The van der Waals surface area contributed by atoms with Gasteiger partial charge in [-0.15, -0.1) is 0 Å². The van der Waals surface area contributed by atoms with Gasteiger partial charge >= 0.3 is 7.60 Å². The molecule has 1 aliphatic heterocycles. The molecule has 0 aromatic heterocycles. The summed E-state index contributed by atoms with van der Waals surface area (Å²) in [6, 6.07) is -0.401. The van der Waals surface area contributed by atoms with Crippen molar-refractivity contribution >= 4 is 15.4 Å². The fraction of sp³-hybridized carbons (Fsp3) is 0.846. The van der Waals surface area contributed by atoms with Gasteiger partial charge in [-0.25, -0.2) is 0 Å². The van der Waals surface area contributed by atoms with Crippen LogP contribution in [0.25, 0.3) is 0 Å². The number of hydrogen-bond acceptors (Lipinski definition) is 5. The van der Waals surface area contributed by atoms with E-state index in [1.54, 1.807) is 7.85 Å². The van der Waals surface area contributed by atoms with Crippen molar-refractivity contribution < 1.29 is 28.9 Å². The summed E-state index contributed by atoms with van der Waals surface area (Å²) in [6.45, 7) is 7.57. The summed E-state index contributed by atoms with van der Waals surface area (Å²) in [5, 5.41) is 10.3. The molecule has 128 valence electrons. The average Bonchev–Trinajstić information content (AvgIpc) is 2.49. The van der Waals surface area contributed by atoms with Crippen LogP contribution in [-0.4, -0.2) is 58.2 Å². The van der Waals surface area contributed by atoms with Gasteiger partial charge in [0.2, 0.25) is 0 Å². The molecule has 0 spiro atoms. The topological polar surface area (TPSA) is 122 Å². The second kappa shape index (κ2) is 6.73. The van der Waals surface area contributed by atoms with Crippen LogP contribution in [0.5, 0.6) is 0 Å². The minimum absolute atomic E-state index is 0.401. The lowest BCUT2D eigenvalue weighted by Gasteiger charge is -2.36. The number of hydrogen-bond donors (Lipinski definition) is 4. The molecule has 22 heavy (non-hydrogen) atoms.